The number of carbonyl (C=O) groups excluding carboxylic acids is 2. The molecule has 0 aromatic carbocycles. The molecule has 1 fully saturated rings. The van der Waals surface area contributed by atoms with Crippen molar-refractivity contribution in [3.05, 3.63) is 12.2 Å². The lowest BCUT2D eigenvalue weighted by Gasteiger charge is -2.02. The van der Waals surface area contributed by atoms with E-state index >= 15 is 0 Å². The maximum absolute atomic E-state index is 11.4. The van der Waals surface area contributed by atoms with Crippen LogP contribution < -0.4 is 0 Å². The molecule has 1 atom stereocenters. The molecule has 0 aromatic rings. The molecular weight excluding hydrogens is 254 g/mol. The van der Waals surface area contributed by atoms with Gasteiger partial charge >= 0.3 is 0 Å². The van der Waals surface area contributed by atoms with Crippen molar-refractivity contribution in [2.75, 3.05) is 0 Å². The Morgan fingerprint density at radius 2 is 1.70 bits per heavy atom. The van der Waals surface area contributed by atoms with E-state index in [4.69, 9.17) is 5.21 Å². The second kappa shape index (κ2) is 9.70. The van der Waals surface area contributed by atoms with Crippen LogP contribution in [0.5, 0.6) is 0 Å². The van der Waals surface area contributed by atoms with Crippen LogP contribution in [0.2, 0.25) is 0 Å². The minimum Gasteiger partial charge on any atom is -0.278 e. The SMILES string of the molecule is CCCCCCCCCC/C=C/C1CC(=O)N(O)C1=O. The minimum absolute atomic E-state index is 0.100. The van der Waals surface area contributed by atoms with Crippen LogP contribution in [0.4, 0.5) is 0 Å². The number of imide groups is 1. The van der Waals surface area contributed by atoms with Gasteiger partial charge in [-0.25, -0.2) is 0 Å². The summed E-state index contributed by atoms with van der Waals surface area (Å²) in [4.78, 5) is 22.5. The maximum Gasteiger partial charge on any atom is 0.260 e. The Labute approximate surface area is 121 Å². The van der Waals surface area contributed by atoms with E-state index in [1.54, 1.807) is 6.08 Å². The average Bonchev–Trinajstić information content (AvgIpc) is 2.68. The highest BCUT2D eigenvalue weighted by atomic mass is 16.5. The highest BCUT2D eigenvalue weighted by Crippen LogP contribution is 2.19. The van der Waals surface area contributed by atoms with Gasteiger partial charge in [0.1, 0.15) is 0 Å². The molecule has 1 saturated heterocycles. The van der Waals surface area contributed by atoms with Crippen molar-refractivity contribution in [1.29, 1.82) is 0 Å². The number of hydrogen-bond donors (Lipinski definition) is 1. The second-order valence-electron chi connectivity index (χ2n) is 5.55. The van der Waals surface area contributed by atoms with Crippen molar-refractivity contribution in [1.82, 2.24) is 5.06 Å². The Morgan fingerprint density at radius 3 is 2.25 bits per heavy atom. The number of hydrogen-bond acceptors (Lipinski definition) is 3. The molecule has 0 spiro atoms. The van der Waals surface area contributed by atoms with Crippen LogP contribution in [0, 0.1) is 5.92 Å². The number of unbranched alkanes of at least 4 members (excludes halogenated alkanes) is 8. The molecule has 0 saturated carbocycles. The molecule has 1 aliphatic rings. The van der Waals surface area contributed by atoms with Crippen LogP contribution >= 0.6 is 0 Å². The van der Waals surface area contributed by atoms with Gasteiger partial charge in [-0.05, 0) is 12.8 Å². The van der Waals surface area contributed by atoms with Crippen molar-refractivity contribution in [2.24, 2.45) is 5.92 Å². The molecule has 20 heavy (non-hydrogen) atoms. The molecule has 4 nitrogen and oxygen atoms in total. The lowest BCUT2D eigenvalue weighted by molar-refractivity contribution is -0.171. The van der Waals surface area contributed by atoms with Crippen LogP contribution in [-0.4, -0.2) is 22.1 Å². The fraction of sp³-hybridized carbons (Fsp3) is 0.750. The average molecular weight is 281 g/mol. The third-order valence-electron chi connectivity index (χ3n) is 3.75. The highest BCUT2D eigenvalue weighted by molar-refractivity contribution is 6.02. The van der Waals surface area contributed by atoms with Crippen LogP contribution in [0.3, 0.4) is 0 Å². The third-order valence-corrected chi connectivity index (χ3v) is 3.75. The first-order valence-electron chi connectivity index (χ1n) is 7.89. The smallest absolute Gasteiger partial charge is 0.260 e. The molecular formula is C16H27NO3. The first-order valence-corrected chi connectivity index (χ1v) is 7.89. The predicted molar refractivity (Wildman–Crippen MR) is 78.1 cm³/mol. The van der Waals surface area contributed by atoms with E-state index in [-0.39, 0.29) is 11.5 Å². The summed E-state index contributed by atoms with van der Waals surface area (Å²) in [6.45, 7) is 2.23. The van der Waals surface area contributed by atoms with Gasteiger partial charge in [0.15, 0.2) is 0 Å². The van der Waals surface area contributed by atoms with Crippen molar-refractivity contribution < 1.29 is 14.8 Å². The predicted octanol–water partition coefficient (Wildman–Crippen LogP) is 3.84. The Kier molecular flexibility index (Phi) is 8.19. The minimum atomic E-state index is -0.503. The number of carbonyl (C=O) groups is 2. The van der Waals surface area contributed by atoms with E-state index in [1.807, 2.05) is 6.08 Å². The molecule has 1 rings (SSSR count). The van der Waals surface area contributed by atoms with E-state index in [0.29, 0.717) is 0 Å². The molecule has 114 valence electrons. The molecule has 1 aliphatic heterocycles. The molecule has 0 aliphatic carbocycles. The molecule has 1 unspecified atom stereocenters. The van der Waals surface area contributed by atoms with Crippen LogP contribution in [0.15, 0.2) is 12.2 Å². The summed E-state index contributed by atoms with van der Waals surface area (Å²) in [6, 6.07) is 0. The molecule has 2 amide bonds. The molecule has 0 bridgehead atoms. The van der Waals surface area contributed by atoms with Gasteiger partial charge < -0.3 is 0 Å². The zero-order chi connectivity index (χ0) is 14.8. The molecule has 1 heterocycles. The zero-order valence-electron chi connectivity index (χ0n) is 12.5. The summed E-state index contributed by atoms with van der Waals surface area (Å²) in [7, 11) is 0. The summed E-state index contributed by atoms with van der Waals surface area (Å²) in [5.74, 6) is -1.46. The van der Waals surface area contributed by atoms with Crippen molar-refractivity contribution >= 4 is 11.8 Å². The van der Waals surface area contributed by atoms with Gasteiger partial charge in [0, 0.05) is 6.42 Å². The van der Waals surface area contributed by atoms with Crippen molar-refractivity contribution in [3.8, 4) is 0 Å². The van der Waals surface area contributed by atoms with Crippen LogP contribution in [0.25, 0.3) is 0 Å². The van der Waals surface area contributed by atoms with Gasteiger partial charge in [-0.2, -0.15) is 5.06 Å². The Balaban J connectivity index is 2.00. The number of rotatable bonds is 10. The monoisotopic (exact) mass is 281 g/mol. The first-order chi connectivity index (χ1) is 9.66. The first kappa shape index (κ1) is 16.9. The normalized spacial score (nSPS) is 19.5. The van der Waals surface area contributed by atoms with E-state index in [0.717, 1.165) is 12.8 Å². The third kappa shape index (κ3) is 5.87. The summed E-state index contributed by atoms with van der Waals surface area (Å²) in [6.07, 6.45) is 15.0. The quantitative estimate of drug-likeness (QED) is 0.286. The summed E-state index contributed by atoms with van der Waals surface area (Å²) in [5.41, 5.74) is 0. The molecule has 0 aromatic heterocycles. The van der Waals surface area contributed by atoms with Gasteiger partial charge in [-0.3, -0.25) is 14.8 Å². The van der Waals surface area contributed by atoms with E-state index in [2.05, 4.69) is 6.92 Å². The highest BCUT2D eigenvalue weighted by Gasteiger charge is 2.36. The standard InChI is InChI=1S/C16H27NO3/c1-2-3-4-5-6-7-8-9-10-11-12-14-13-15(18)17(20)16(14)19/h11-12,14,20H,2-10,13H2,1H3/b12-11+. The van der Waals surface area contributed by atoms with Gasteiger partial charge in [0.25, 0.3) is 11.8 Å². The summed E-state index contributed by atoms with van der Waals surface area (Å²) >= 11 is 0. The Bertz CT molecular complexity index is 339. The molecule has 1 N–H and O–H groups in total. The van der Waals surface area contributed by atoms with Crippen LogP contribution in [-0.2, 0) is 9.59 Å². The van der Waals surface area contributed by atoms with Gasteiger partial charge in [-0.1, -0.05) is 64.0 Å². The lowest BCUT2D eigenvalue weighted by Crippen LogP contribution is -2.26. The number of hydroxylamine groups is 2. The number of allylic oxidation sites excluding steroid dienone is 1. The van der Waals surface area contributed by atoms with Gasteiger partial charge in [0.2, 0.25) is 0 Å². The van der Waals surface area contributed by atoms with E-state index < -0.39 is 17.7 Å². The fourth-order valence-electron chi connectivity index (χ4n) is 2.45. The second-order valence-corrected chi connectivity index (χ2v) is 5.55. The maximum atomic E-state index is 11.4. The number of amides is 2. The lowest BCUT2D eigenvalue weighted by atomic mass is 10.0. The van der Waals surface area contributed by atoms with E-state index in [1.165, 1.54) is 44.9 Å². The summed E-state index contributed by atoms with van der Waals surface area (Å²) < 4.78 is 0. The van der Waals surface area contributed by atoms with Gasteiger partial charge in [-0.15, -0.1) is 0 Å². The topological polar surface area (TPSA) is 57.6 Å². The van der Waals surface area contributed by atoms with E-state index in [9.17, 15) is 9.59 Å². The summed E-state index contributed by atoms with van der Waals surface area (Å²) in [5, 5.41) is 9.34. The molecule has 0 radical (unpaired) electrons. The Morgan fingerprint density at radius 1 is 1.10 bits per heavy atom. The fourth-order valence-corrected chi connectivity index (χ4v) is 2.45. The van der Waals surface area contributed by atoms with Gasteiger partial charge in [0.05, 0.1) is 5.92 Å². The molecule has 4 heteroatoms. The zero-order valence-corrected chi connectivity index (χ0v) is 12.5. The Hall–Kier alpha value is -1.16. The van der Waals surface area contributed by atoms with Crippen molar-refractivity contribution in [3.63, 3.8) is 0 Å². The largest absolute Gasteiger partial charge is 0.278 e. The van der Waals surface area contributed by atoms with Crippen molar-refractivity contribution in [2.45, 2.75) is 71.1 Å². The van der Waals surface area contributed by atoms with Crippen LogP contribution in [0.1, 0.15) is 71.1 Å². The number of nitrogens with zero attached hydrogens (tertiary/aromatic N) is 1.